The SMILES string of the molecule is CN1C(=O)[C@@H](NC(=O)c2cnn(Cc3ccccc3)n2)COc2cccnc21. The van der Waals surface area contributed by atoms with Gasteiger partial charge in [-0.15, -0.1) is 5.10 Å². The third-order valence-electron chi connectivity index (χ3n) is 4.34. The van der Waals surface area contributed by atoms with E-state index in [0.29, 0.717) is 18.1 Å². The van der Waals surface area contributed by atoms with E-state index in [4.69, 9.17) is 4.74 Å². The lowest BCUT2D eigenvalue weighted by Gasteiger charge is -2.19. The first-order chi connectivity index (χ1) is 13.6. The molecule has 0 bridgehead atoms. The first-order valence-corrected chi connectivity index (χ1v) is 8.72. The molecule has 1 N–H and O–H groups in total. The van der Waals surface area contributed by atoms with Gasteiger partial charge in [0.25, 0.3) is 11.8 Å². The number of benzene rings is 1. The van der Waals surface area contributed by atoms with Crippen LogP contribution < -0.4 is 15.0 Å². The van der Waals surface area contributed by atoms with Crippen molar-refractivity contribution in [3.05, 3.63) is 66.1 Å². The number of ether oxygens (including phenoxy) is 1. The Labute approximate surface area is 160 Å². The highest BCUT2D eigenvalue weighted by Gasteiger charge is 2.31. The summed E-state index contributed by atoms with van der Waals surface area (Å²) in [5.41, 5.74) is 1.15. The summed E-state index contributed by atoms with van der Waals surface area (Å²) in [4.78, 5) is 32.2. The Bertz CT molecular complexity index is 1000. The fourth-order valence-electron chi connectivity index (χ4n) is 2.89. The van der Waals surface area contributed by atoms with Gasteiger partial charge in [-0.05, 0) is 17.7 Å². The Morgan fingerprint density at radius 3 is 2.89 bits per heavy atom. The van der Waals surface area contributed by atoms with E-state index < -0.39 is 11.9 Å². The smallest absolute Gasteiger partial charge is 0.274 e. The molecule has 0 radical (unpaired) electrons. The van der Waals surface area contributed by atoms with Gasteiger partial charge in [0, 0.05) is 13.2 Å². The van der Waals surface area contributed by atoms with Crippen LogP contribution in [0.15, 0.2) is 54.9 Å². The molecular weight excluding hydrogens is 360 g/mol. The van der Waals surface area contributed by atoms with Gasteiger partial charge in [0.1, 0.15) is 12.6 Å². The Kier molecular flexibility index (Phi) is 4.71. The highest BCUT2D eigenvalue weighted by Crippen LogP contribution is 2.27. The molecule has 0 saturated carbocycles. The molecule has 0 saturated heterocycles. The number of hydrogen-bond acceptors (Lipinski definition) is 6. The summed E-state index contributed by atoms with van der Waals surface area (Å²) in [5, 5.41) is 11.0. The van der Waals surface area contributed by atoms with Gasteiger partial charge in [0.15, 0.2) is 17.3 Å². The quantitative estimate of drug-likeness (QED) is 0.723. The predicted octanol–water partition coefficient (Wildman–Crippen LogP) is 0.875. The maximum atomic E-state index is 12.7. The van der Waals surface area contributed by atoms with E-state index in [-0.39, 0.29) is 18.2 Å². The Morgan fingerprint density at radius 1 is 1.25 bits per heavy atom. The van der Waals surface area contributed by atoms with Gasteiger partial charge in [0.05, 0.1) is 12.7 Å². The van der Waals surface area contributed by atoms with Crippen molar-refractivity contribution in [1.29, 1.82) is 0 Å². The van der Waals surface area contributed by atoms with E-state index in [1.807, 2.05) is 30.3 Å². The minimum atomic E-state index is -0.856. The molecule has 3 heterocycles. The van der Waals surface area contributed by atoms with Crippen molar-refractivity contribution >= 4 is 17.6 Å². The third-order valence-corrected chi connectivity index (χ3v) is 4.34. The molecule has 1 aliphatic heterocycles. The largest absolute Gasteiger partial charge is 0.487 e. The molecule has 0 spiro atoms. The van der Waals surface area contributed by atoms with Crippen molar-refractivity contribution in [2.75, 3.05) is 18.6 Å². The zero-order valence-electron chi connectivity index (χ0n) is 15.1. The number of fused-ring (bicyclic) bond motifs is 1. The van der Waals surface area contributed by atoms with Crippen molar-refractivity contribution in [3.8, 4) is 5.75 Å². The maximum Gasteiger partial charge on any atom is 0.274 e. The number of carbonyl (C=O) groups is 2. The van der Waals surface area contributed by atoms with Gasteiger partial charge in [-0.2, -0.15) is 9.90 Å². The summed E-state index contributed by atoms with van der Waals surface area (Å²) < 4.78 is 5.64. The number of anilines is 1. The lowest BCUT2D eigenvalue weighted by molar-refractivity contribution is -0.120. The molecule has 142 valence electrons. The molecule has 1 aromatic carbocycles. The van der Waals surface area contributed by atoms with Crippen LogP contribution in [-0.2, 0) is 11.3 Å². The summed E-state index contributed by atoms with van der Waals surface area (Å²) in [5.74, 6) is 0.0954. The van der Waals surface area contributed by atoms with E-state index in [9.17, 15) is 9.59 Å². The molecule has 9 heteroatoms. The standard InChI is InChI=1S/C19H18N6O3/c1-24-17-16(8-5-9-20-17)28-12-15(19(24)27)22-18(26)14-10-21-25(23-14)11-13-6-3-2-4-7-13/h2-10,15H,11-12H2,1H3,(H,22,26)/t15-/m0/s1. The second kappa shape index (κ2) is 7.47. The average molecular weight is 378 g/mol. The van der Waals surface area contributed by atoms with Crippen molar-refractivity contribution in [3.63, 3.8) is 0 Å². The van der Waals surface area contributed by atoms with E-state index in [1.165, 1.54) is 15.9 Å². The number of likely N-dealkylation sites (N-methyl/N-ethyl adjacent to an activating group) is 1. The first-order valence-electron chi connectivity index (χ1n) is 8.72. The summed E-state index contributed by atoms with van der Waals surface area (Å²) in [6, 6.07) is 12.3. The number of hydrogen-bond donors (Lipinski definition) is 1. The lowest BCUT2D eigenvalue weighted by Crippen LogP contribution is -2.49. The molecule has 4 rings (SSSR count). The summed E-state index contributed by atoms with van der Waals surface area (Å²) in [6.45, 7) is 0.453. The molecule has 0 unspecified atom stereocenters. The zero-order valence-corrected chi connectivity index (χ0v) is 15.1. The second-order valence-corrected chi connectivity index (χ2v) is 6.31. The van der Waals surface area contributed by atoms with Crippen LogP contribution in [0.4, 0.5) is 5.82 Å². The summed E-state index contributed by atoms with van der Waals surface area (Å²) >= 11 is 0. The molecular formula is C19H18N6O3. The van der Waals surface area contributed by atoms with E-state index in [2.05, 4.69) is 20.5 Å². The molecule has 1 aliphatic rings. The summed E-state index contributed by atoms with van der Waals surface area (Å²) in [7, 11) is 1.60. The maximum absolute atomic E-state index is 12.7. The van der Waals surface area contributed by atoms with Crippen LogP contribution in [0.25, 0.3) is 0 Å². The number of amides is 2. The second-order valence-electron chi connectivity index (χ2n) is 6.31. The number of carbonyl (C=O) groups excluding carboxylic acids is 2. The fraction of sp³-hybridized carbons (Fsp3) is 0.211. The van der Waals surface area contributed by atoms with Crippen LogP contribution >= 0.6 is 0 Å². The van der Waals surface area contributed by atoms with Crippen molar-refractivity contribution in [2.24, 2.45) is 0 Å². The molecule has 0 aliphatic carbocycles. The Balaban J connectivity index is 1.45. The van der Waals surface area contributed by atoms with Crippen LogP contribution in [0.2, 0.25) is 0 Å². The van der Waals surface area contributed by atoms with Gasteiger partial charge in [-0.3, -0.25) is 14.5 Å². The molecule has 1 atom stereocenters. The summed E-state index contributed by atoms with van der Waals surface area (Å²) in [6.07, 6.45) is 2.95. The minimum Gasteiger partial charge on any atom is -0.487 e. The van der Waals surface area contributed by atoms with Crippen molar-refractivity contribution in [1.82, 2.24) is 25.3 Å². The van der Waals surface area contributed by atoms with E-state index in [0.717, 1.165) is 5.56 Å². The number of pyridine rings is 1. The zero-order chi connectivity index (χ0) is 19.5. The highest BCUT2D eigenvalue weighted by molar-refractivity contribution is 6.02. The molecule has 3 aromatic rings. The number of nitrogens with zero attached hydrogens (tertiary/aromatic N) is 5. The van der Waals surface area contributed by atoms with Crippen molar-refractivity contribution < 1.29 is 14.3 Å². The van der Waals surface area contributed by atoms with E-state index >= 15 is 0 Å². The minimum absolute atomic E-state index is 0.00571. The fourth-order valence-corrected chi connectivity index (χ4v) is 2.89. The third kappa shape index (κ3) is 3.54. The van der Waals surface area contributed by atoms with E-state index in [1.54, 1.807) is 25.4 Å². The number of nitrogens with one attached hydrogen (secondary N) is 1. The van der Waals surface area contributed by atoms with Gasteiger partial charge in [-0.25, -0.2) is 4.98 Å². The van der Waals surface area contributed by atoms with Crippen LogP contribution in [0.1, 0.15) is 16.1 Å². The Morgan fingerprint density at radius 2 is 2.07 bits per heavy atom. The number of aromatic nitrogens is 4. The monoisotopic (exact) mass is 378 g/mol. The van der Waals surface area contributed by atoms with Crippen LogP contribution in [0.3, 0.4) is 0 Å². The molecule has 2 aromatic heterocycles. The highest BCUT2D eigenvalue weighted by atomic mass is 16.5. The van der Waals surface area contributed by atoms with Crippen LogP contribution in [0, 0.1) is 0 Å². The molecule has 0 fully saturated rings. The molecule has 9 nitrogen and oxygen atoms in total. The van der Waals surface area contributed by atoms with Gasteiger partial charge in [-0.1, -0.05) is 30.3 Å². The van der Waals surface area contributed by atoms with Crippen molar-refractivity contribution in [2.45, 2.75) is 12.6 Å². The van der Waals surface area contributed by atoms with Gasteiger partial charge < -0.3 is 10.1 Å². The lowest BCUT2D eigenvalue weighted by atomic mass is 10.2. The van der Waals surface area contributed by atoms with Crippen LogP contribution in [-0.4, -0.2) is 51.5 Å². The molecule has 28 heavy (non-hydrogen) atoms. The van der Waals surface area contributed by atoms with Gasteiger partial charge >= 0.3 is 0 Å². The normalized spacial score (nSPS) is 16.1. The van der Waals surface area contributed by atoms with Crippen LogP contribution in [0.5, 0.6) is 5.75 Å². The average Bonchev–Trinajstić information content (AvgIpc) is 3.15. The first kappa shape index (κ1) is 17.7. The predicted molar refractivity (Wildman–Crippen MR) is 100.0 cm³/mol. The van der Waals surface area contributed by atoms with Gasteiger partial charge in [0.2, 0.25) is 0 Å². The topological polar surface area (TPSA) is 102 Å². The molecule has 2 amide bonds. The Hall–Kier alpha value is -3.75. The number of rotatable bonds is 4.